The van der Waals surface area contributed by atoms with Crippen molar-refractivity contribution in [2.45, 2.75) is 70.3 Å². The van der Waals surface area contributed by atoms with E-state index in [1.165, 1.54) is 0 Å². The van der Waals surface area contributed by atoms with Gasteiger partial charge in [-0.1, -0.05) is 32.1 Å². The van der Waals surface area contributed by atoms with E-state index < -0.39 is 18.0 Å². The van der Waals surface area contributed by atoms with Crippen LogP contribution >= 0.6 is 0 Å². The fourth-order valence-corrected chi connectivity index (χ4v) is 2.61. The Kier molecular flexibility index (Phi) is 11.9. The molecule has 0 aromatic carbocycles. The van der Waals surface area contributed by atoms with Crippen molar-refractivity contribution in [3.05, 3.63) is 0 Å². The number of likely N-dealkylation sites (N-methyl/N-ethyl adjacent to an activating group) is 1. The van der Waals surface area contributed by atoms with Gasteiger partial charge >= 0.3 is 11.9 Å². The molecule has 7 nitrogen and oxygen atoms in total. The van der Waals surface area contributed by atoms with Gasteiger partial charge in [0.1, 0.15) is 6.54 Å². The molecular weight excluding hydrogens is 326 g/mol. The van der Waals surface area contributed by atoms with Crippen molar-refractivity contribution in [1.29, 1.82) is 0 Å². The first-order valence-corrected chi connectivity index (χ1v) is 9.01. The summed E-state index contributed by atoms with van der Waals surface area (Å²) in [5, 5.41) is 19.3. The molecule has 0 aliphatic carbocycles. The van der Waals surface area contributed by atoms with Gasteiger partial charge in [0.2, 0.25) is 0 Å². The lowest BCUT2D eigenvalue weighted by Crippen LogP contribution is -2.45. The van der Waals surface area contributed by atoms with Crippen molar-refractivity contribution in [2.75, 3.05) is 27.7 Å². The standard InChI is InChI=1S/C18H33NO6/c1-19(2,3)14-15(13-17(22)23)25-18(24)12-10-8-6-4-5-7-9-11-16(20)21/h15H,4-14H2,1-3H3,(H-,20,21,22,23)/t15-/m1/s1. The number of esters is 1. The highest BCUT2D eigenvalue weighted by atomic mass is 16.5. The Morgan fingerprint density at radius 3 is 1.84 bits per heavy atom. The van der Waals surface area contributed by atoms with Crippen LogP contribution < -0.4 is 5.11 Å². The van der Waals surface area contributed by atoms with E-state index in [2.05, 4.69) is 0 Å². The zero-order chi connectivity index (χ0) is 19.3. The number of hydrogen-bond donors (Lipinski definition) is 1. The van der Waals surface area contributed by atoms with Gasteiger partial charge in [-0.3, -0.25) is 9.59 Å². The molecule has 0 heterocycles. The molecule has 146 valence electrons. The van der Waals surface area contributed by atoms with Gasteiger partial charge in [0.05, 0.1) is 21.1 Å². The van der Waals surface area contributed by atoms with E-state index in [0.717, 1.165) is 38.5 Å². The van der Waals surface area contributed by atoms with Crippen LogP contribution in [0.2, 0.25) is 0 Å². The average Bonchev–Trinajstić information content (AvgIpc) is 2.42. The SMILES string of the molecule is C[N+](C)(C)C[C@@H](CC(=O)[O-])OC(=O)CCCCCCCCCC(=O)O. The third-order valence-corrected chi connectivity index (χ3v) is 3.72. The van der Waals surface area contributed by atoms with Crippen LogP contribution in [0.1, 0.15) is 64.2 Å². The second-order valence-electron chi connectivity index (χ2n) is 7.53. The van der Waals surface area contributed by atoms with Crippen molar-refractivity contribution < 1.29 is 33.8 Å². The minimum Gasteiger partial charge on any atom is -0.550 e. The molecule has 25 heavy (non-hydrogen) atoms. The monoisotopic (exact) mass is 359 g/mol. The predicted molar refractivity (Wildman–Crippen MR) is 91.6 cm³/mol. The molecule has 0 radical (unpaired) electrons. The number of ether oxygens (including phenoxy) is 1. The maximum Gasteiger partial charge on any atom is 0.306 e. The number of aliphatic carboxylic acids is 2. The molecule has 0 saturated heterocycles. The molecule has 0 fully saturated rings. The first-order chi connectivity index (χ1) is 11.6. The molecule has 0 aliphatic heterocycles. The van der Waals surface area contributed by atoms with Gasteiger partial charge in [-0.2, -0.15) is 0 Å². The van der Waals surface area contributed by atoms with E-state index in [4.69, 9.17) is 9.84 Å². The lowest BCUT2D eigenvalue weighted by atomic mass is 10.1. The van der Waals surface area contributed by atoms with Crippen molar-refractivity contribution in [2.24, 2.45) is 0 Å². The number of carboxylic acids is 2. The lowest BCUT2D eigenvalue weighted by molar-refractivity contribution is -0.873. The Morgan fingerprint density at radius 1 is 0.920 bits per heavy atom. The van der Waals surface area contributed by atoms with Gasteiger partial charge in [-0.05, 0) is 12.8 Å². The number of rotatable bonds is 15. The smallest absolute Gasteiger partial charge is 0.306 e. The van der Waals surface area contributed by atoms with E-state index in [1.807, 2.05) is 21.1 Å². The quantitative estimate of drug-likeness (QED) is 0.269. The fraction of sp³-hybridized carbons (Fsp3) is 0.833. The highest BCUT2D eigenvalue weighted by molar-refractivity contribution is 5.70. The van der Waals surface area contributed by atoms with Crippen molar-refractivity contribution in [3.63, 3.8) is 0 Å². The van der Waals surface area contributed by atoms with E-state index in [-0.39, 0.29) is 18.8 Å². The molecule has 1 atom stereocenters. The van der Waals surface area contributed by atoms with Gasteiger partial charge in [-0.25, -0.2) is 0 Å². The summed E-state index contributed by atoms with van der Waals surface area (Å²) < 4.78 is 5.80. The van der Waals surface area contributed by atoms with Gasteiger partial charge in [0.15, 0.2) is 6.10 Å². The van der Waals surface area contributed by atoms with E-state index in [9.17, 15) is 19.5 Å². The highest BCUT2D eigenvalue weighted by Crippen LogP contribution is 2.11. The predicted octanol–water partition coefficient (Wildman–Crippen LogP) is 1.34. The van der Waals surface area contributed by atoms with Gasteiger partial charge in [-0.15, -0.1) is 0 Å². The zero-order valence-corrected chi connectivity index (χ0v) is 15.8. The summed E-state index contributed by atoms with van der Waals surface area (Å²) in [6.45, 7) is 0.427. The normalized spacial score (nSPS) is 12.6. The minimum absolute atomic E-state index is 0.228. The zero-order valence-electron chi connectivity index (χ0n) is 15.8. The number of unbranched alkanes of at least 4 members (excludes halogenated alkanes) is 6. The minimum atomic E-state index is -1.21. The molecule has 0 aromatic rings. The molecule has 0 saturated carbocycles. The number of carbonyl (C=O) groups is 3. The summed E-state index contributed by atoms with van der Waals surface area (Å²) in [5.74, 6) is -2.32. The van der Waals surface area contributed by atoms with Crippen LogP contribution in [-0.4, -0.2) is 61.3 Å². The molecule has 0 amide bonds. The van der Waals surface area contributed by atoms with Crippen LogP contribution in [0.3, 0.4) is 0 Å². The van der Waals surface area contributed by atoms with Crippen molar-refractivity contribution >= 4 is 17.9 Å². The first kappa shape index (κ1) is 23.4. The third-order valence-electron chi connectivity index (χ3n) is 3.72. The Bertz CT molecular complexity index is 416. The molecular formula is C18H33NO6. The molecule has 1 N–H and O–H groups in total. The number of hydrogen-bond acceptors (Lipinski definition) is 5. The second-order valence-corrected chi connectivity index (χ2v) is 7.53. The molecule has 0 aromatic heterocycles. The summed E-state index contributed by atoms with van der Waals surface area (Å²) >= 11 is 0. The Hall–Kier alpha value is -1.63. The maximum atomic E-state index is 11.9. The molecule has 7 heteroatoms. The van der Waals surface area contributed by atoms with Crippen LogP contribution in [0, 0.1) is 0 Å². The van der Waals surface area contributed by atoms with Gasteiger partial charge in [0.25, 0.3) is 0 Å². The van der Waals surface area contributed by atoms with Gasteiger partial charge in [0, 0.05) is 25.2 Å². The van der Waals surface area contributed by atoms with Crippen molar-refractivity contribution in [1.82, 2.24) is 0 Å². The van der Waals surface area contributed by atoms with Crippen LogP contribution in [0.25, 0.3) is 0 Å². The molecule has 0 spiro atoms. The van der Waals surface area contributed by atoms with E-state index in [1.54, 1.807) is 0 Å². The van der Waals surface area contributed by atoms with Crippen LogP contribution in [0.5, 0.6) is 0 Å². The maximum absolute atomic E-state index is 11.9. The average molecular weight is 359 g/mol. The topological polar surface area (TPSA) is 104 Å². The van der Waals surface area contributed by atoms with Crippen molar-refractivity contribution in [3.8, 4) is 0 Å². The highest BCUT2D eigenvalue weighted by Gasteiger charge is 2.22. The first-order valence-electron chi connectivity index (χ1n) is 9.01. The number of quaternary nitrogens is 1. The molecule has 0 unspecified atom stereocenters. The van der Waals surface area contributed by atoms with Gasteiger partial charge < -0.3 is 24.2 Å². The Labute approximate surface area is 150 Å². The summed E-state index contributed by atoms with van der Waals surface area (Å²) in [4.78, 5) is 33.0. The third kappa shape index (κ3) is 17.0. The largest absolute Gasteiger partial charge is 0.550 e. The van der Waals surface area contributed by atoms with Crippen LogP contribution in [-0.2, 0) is 19.1 Å². The molecule has 0 rings (SSSR count). The van der Waals surface area contributed by atoms with E-state index in [0.29, 0.717) is 23.9 Å². The number of nitrogens with zero attached hydrogens (tertiary/aromatic N) is 1. The Morgan fingerprint density at radius 2 is 1.40 bits per heavy atom. The summed E-state index contributed by atoms with van der Waals surface area (Å²) in [7, 11) is 5.73. The summed E-state index contributed by atoms with van der Waals surface area (Å²) in [6, 6.07) is 0. The Balaban J connectivity index is 3.82. The lowest BCUT2D eigenvalue weighted by Gasteiger charge is -2.29. The second kappa shape index (κ2) is 12.7. The number of carbonyl (C=O) groups excluding carboxylic acids is 2. The molecule has 0 aliphatic rings. The number of carboxylic acid groups (broad SMARTS) is 2. The van der Waals surface area contributed by atoms with Crippen LogP contribution in [0.4, 0.5) is 0 Å². The summed E-state index contributed by atoms with van der Waals surface area (Å²) in [6.07, 6.45) is 5.89. The molecule has 0 bridgehead atoms. The van der Waals surface area contributed by atoms with E-state index >= 15 is 0 Å². The van der Waals surface area contributed by atoms with Crippen LogP contribution in [0.15, 0.2) is 0 Å². The fourth-order valence-electron chi connectivity index (χ4n) is 2.61. The summed E-state index contributed by atoms with van der Waals surface area (Å²) in [5.41, 5.74) is 0.